The number of aromatic amines is 2. The van der Waals surface area contributed by atoms with Crippen molar-refractivity contribution in [1.82, 2.24) is 9.97 Å². The van der Waals surface area contributed by atoms with E-state index in [0.717, 1.165) is 6.20 Å². The first-order valence-corrected chi connectivity index (χ1v) is 6.43. The molecule has 2 aromatic rings. The number of nitrogens with one attached hydrogen (secondary N) is 3. The Morgan fingerprint density at radius 1 is 1.27 bits per heavy atom. The summed E-state index contributed by atoms with van der Waals surface area (Å²) in [5.74, 6) is -0.767. The van der Waals surface area contributed by atoms with Crippen LogP contribution in [0.15, 0.2) is 40.1 Å². The molecule has 114 valence electrons. The van der Waals surface area contributed by atoms with Crippen LogP contribution in [0.2, 0.25) is 0 Å². The summed E-state index contributed by atoms with van der Waals surface area (Å²) >= 11 is 0. The van der Waals surface area contributed by atoms with Crippen molar-refractivity contribution in [2.45, 2.75) is 13.3 Å². The maximum absolute atomic E-state index is 12.1. The third kappa shape index (κ3) is 3.69. The monoisotopic (exact) mass is 303 g/mol. The molecule has 0 atom stereocenters. The van der Waals surface area contributed by atoms with E-state index in [-0.39, 0.29) is 23.4 Å². The van der Waals surface area contributed by atoms with E-state index in [0.29, 0.717) is 0 Å². The van der Waals surface area contributed by atoms with E-state index in [2.05, 4.69) is 10.3 Å². The highest BCUT2D eigenvalue weighted by molar-refractivity contribution is 6.04. The molecule has 22 heavy (non-hydrogen) atoms. The van der Waals surface area contributed by atoms with E-state index in [1.807, 2.05) is 4.98 Å². The third-order valence-electron chi connectivity index (χ3n) is 2.68. The first-order valence-electron chi connectivity index (χ1n) is 6.43. The van der Waals surface area contributed by atoms with Gasteiger partial charge in [-0.05, 0) is 18.2 Å². The van der Waals surface area contributed by atoms with Gasteiger partial charge >= 0.3 is 11.7 Å². The fourth-order valence-electron chi connectivity index (χ4n) is 1.60. The highest BCUT2D eigenvalue weighted by Gasteiger charge is 2.11. The van der Waals surface area contributed by atoms with Crippen LogP contribution in [0.3, 0.4) is 0 Å². The molecule has 0 aliphatic rings. The maximum Gasteiger partial charge on any atom is 0.325 e. The molecule has 0 aliphatic heterocycles. The lowest BCUT2D eigenvalue weighted by Crippen LogP contribution is -2.26. The summed E-state index contributed by atoms with van der Waals surface area (Å²) in [6.07, 6.45) is 1.31. The smallest absolute Gasteiger partial charge is 0.325 e. The second-order valence-electron chi connectivity index (χ2n) is 4.30. The summed E-state index contributed by atoms with van der Waals surface area (Å²) in [5.41, 5.74) is -1.28. The molecule has 1 aromatic carbocycles. The zero-order chi connectivity index (χ0) is 16.1. The second kappa shape index (κ2) is 6.53. The standard InChI is InChI=1S/C14H13N3O5/c1-2-11(18)22-9-5-3-4-8(6-9)12(19)16-10-7-15-14(21)17-13(10)20/h3-7H,2H2,1H3,(H,16,19)(H2,15,17,20,21). The van der Waals surface area contributed by atoms with Crippen LogP contribution < -0.4 is 21.3 Å². The van der Waals surface area contributed by atoms with Gasteiger partial charge in [-0.3, -0.25) is 19.4 Å². The number of rotatable bonds is 4. The Kier molecular flexibility index (Phi) is 4.52. The zero-order valence-corrected chi connectivity index (χ0v) is 11.6. The van der Waals surface area contributed by atoms with Crippen LogP contribution in [-0.2, 0) is 4.79 Å². The molecule has 0 fully saturated rings. The number of benzene rings is 1. The van der Waals surface area contributed by atoms with Gasteiger partial charge in [-0.2, -0.15) is 0 Å². The van der Waals surface area contributed by atoms with Crippen molar-refractivity contribution in [2.75, 3.05) is 5.32 Å². The minimum absolute atomic E-state index is 0.0967. The fourth-order valence-corrected chi connectivity index (χ4v) is 1.60. The van der Waals surface area contributed by atoms with Crippen LogP contribution in [0, 0.1) is 0 Å². The quantitative estimate of drug-likeness (QED) is 0.565. The van der Waals surface area contributed by atoms with Gasteiger partial charge in [-0.25, -0.2) is 4.79 Å². The number of carbonyl (C=O) groups excluding carboxylic acids is 2. The number of carbonyl (C=O) groups is 2. The average molecular weight is 303 g/mol. The number of hydrogen-bond donors (Lipinski definition) is 3. The van der Waals surface area contributed by atoms with Gasteiger partial charge in [0.25, 0.3) is 11.5 Å². The van der Waals surface area contributed by atoms with E-state index < -0.39 is 23.1 Å². The number of hydrogen-bond acceptors (Lipinski definition) is 5. The van der Waals surface area contributed by atoms with Crippen LogP contribution in [0.4, 0.5) is 5.69 Å². The van der Waals surface area contributed by atoms with Gasteiger partial charge < -0.3 is 15.0 Å². The molecule has 0 radical (unpaired) electrons. The molecule has 1 aromatic heterocycles. The van der Waals surface area contributed by atoms with Crippen molar-refractivity contribution in [2.24, 2.45) is 0 Å². The van der Waals surface area contributed by atoms with Crippen LogP contribution in [0.5, 0.6) is 5.75 Å². The van der Waals surface area contributed by atoms with Crippen molar-refractivity contribution in [1.29, 1.82) is 0 Å². The Hall–Kier alpha value is -3.16. The summed E-state index contributed by atoms with van der Waals surface area (Å²) in [6, 6.07) is 5.96. The van der Waals surface area contributed by atoms with Crippen LogP contribution in [-0.4, -0.2) is 21.8 Å². The Labute approximate surface area is 124 Å². The van der Waals surface area contributed by atoms with Crippen molar-refractivity contribution >= 4 is 17.6 Å². The lowest BCUT2D eigenvalue weighted by atomic mass is 10.2. The summed E-state index contributed by atoms with van der Waals surface area (Å²) in [7, 11) is 0. The number of aromatic nitrogens is 2. The van der Waals surface area contributed by atoms with Crippen molar-refractivity contribution in [3.63, 3.8) is 0 Å². The van der Waals surface area contributed by atoms with Crippen molar-refractivity contribution in [3.8, 4) is 5.75 Å². The number of anilines is 1. The Morgan fingerprint density at radius 3 is 2.73 bits per heavy atom. The second-order valence-corrected chi connectivity index (χ2v) is 4.30. The van der Waals surface area contributed by atoms with E-state index in [1.54, 1.807) is 13.0 Å². The molecule has 3 N–H and O–H groups in total. The van der Waals surface area contributed by atoms with Gasteiger partial charge in [0.05, 0.1) is 0 Å². The largest absolute Gasteiger partial charge is 0.427 e. The number of H-pyrrole nitrogens is 2. The predicted octanol–water partition coefficient (Wildman–Crippen LogP) is 0.631. The molecule has 0 aliphatic carbocycles. The Balaban J connectivity index is 2.19. The van der Waals surface area contributed by atoms with Gasteiger partial charge in [-0.1, -0.05) is 13.0 Å². The third-order valence-corrected chi connectivity index (χ3v) is 2.68. The molecule has 8 heteroatoms. The number of esters is 1. The Morgan fingerprint density at radius 2 is 2.05 bits per heavy atom. The summed E-state index contributed by atoms with van der Waals surface area (Å²) in [4.78, 5) is 49.9. The molecule has 8 nitrogen and oxygen atoms in total. The lowest BCUT2D eigenvalue weighted by Gasteiger charge is -2.06. The molecule has 0 bridgehead atoms. The minimum atomic E-state index is -0.717. The lowest BCUT2D eigenvalue weighted by molar-refractivity contribution is -0.134. The fraction of sp³-hybridized carbons (Fsp3) is 0.143. The van der Waals surface area contributed by atoms with Gasteiger partial charge in [-0.15, -0.1) is 0 Å². The van der Waals surface area contributed by atoms with Crippen LogP contribution in [0.1, 0.15) is 23.7 Å². The molecule has 0 saturated carbocycles. The minimum Gasteiger partial charge on any atom is -0.427 e. The molecule has 0 saturated heterocycles. The summed E-state index contributed by atoms with van der Waals surface area (Å²) < 4.78 is 5.01. The van der Waals surface area contributed by atoms with E-state index in [4.69, 9.17) is 4.74 Å². The summed E-state index contributed by atoms with van der Waals surface area (Å²) in [5, 5.41) is 2.35. The molecule has 1 amide bonds. The molecule has 0 unspecified atom stereocenters. The summed E-state index contributed by atoms with van der Waals surface area (Å²) in [6.45, 7) is 1.65. The maximum atomic E-state index is 12.1. The van der Waals surface area contributed by atoms with Crippen LogP contribution in [0.25, 0.3) is 0 Å². The van der Waals surface area contributed by atoms with E-state index in [9.17, 15) is 19.2 Å². The van der Waals surface area contributed by atoms with Gasteiger partial charge in [0.15, 0.2) is 0 Å². The normalized spacial score (nSPS) is 10.0. The predicted molar refractivity (Wildman–Crippen MR) is 78.0 cm³/mol. The first kappa shape index (κ1) is 15.2. The molecule has 0 spiro atoms. The van der Waals surface area contributed by atoms with Gasteiger partial charge in [0, 0.05) is 18.2 Å². The highest BCUT2D eigenvalue weighted by Crippen LogP contribution is 2.14. The van der Waals surface area contributed by atoms with E-state index in [1.165, 1.54) is 18.2 Å². The topological polar surface area (TPSA) is 121 Å². The average Bonchev–Trinajstić information content (AvgIpc) is 2.50. The zero-order valence-electron chi connectivity index (χ0n) is 11.6. The van der Waals surface area contributed by atoms with Gasteiger partial charge in [0.2, 0.25) is 0 Å². The SMILES string of the molecule is CCC(=O)Oc1cccc(C(=O)Nc2c[nH]c(=O)[nH]c2=O)c1. The van der Waals surface area contributed by atoms with E-state index >= 15 is 0 Å². The Bertz CT molecular complexity index is 821. The highest BCUT2D eigenvalue weighted by atomic mass is 16.5. The first-order chi connectivity index (χ1) is 10.5. The molecule has 1 heterocycles. The van der Waals surface area contributed by atoms with Crippen molar-refractivity contribution < 1.29 is 14.3 Å². The molecule has 2 rings (SSSR count). The van der Waals surface area contributed by atoms with Crippen molar-refractivity contribution in [3.05, 3.63) is 56.9 Å². The van der Waals surface area contributed by atoms with Gasteiger partial charge in [0.1, 0.15) is 11.4 Å². The van der Waals surface area contributed by atoms with Crippen LogP contribution >= 0.6 is 0 Å². The molecular formula is C14H13N3O5. The number of amides is 1. The molecular weight excluding hydrogens is 290 g/mol. The number of ether oxygens (including phenoxy) is 1.